The van der Waals surface area contributed by atoms with Gasteiger partial charge in [0.25, 0.3) is 5.91 Å². The molecule has 5 nitrogen and oxygen atoms in total. The van der Waals surface area contributed by atoms with E-state index in [-0.39, 0.29) is 23.5 Å². The first kappa shape index (κ1) is 16.8. The van der Waals surface area contributed by atoms with Gasteiger partial charge in [-0.1, -0.05) is 13.3 Å². The standard InChI is InChI=1S/C16H24N2O3S/c1-4-5-10-17(2)14-8-6-13(7-9-14)16(19)18(3)15-11-22(20,21)12-15/h6-9,15H,4-5,10-12H2,1-3H3. The second-order valence-corrected chi connectivity index (χ2v) is 8.12. The van der Waals surface area contributed by atoms with Crippen LogP contribution < -0.4 is 4.90 Å². The maximum Gasteiger partial charge on any atom is 0.253 e. The molecule has 0 unspecified atom stereocenters. The molecule has 0 N–H and O–H groups in total. The molecular formula is C16H24N2O3S. The minimum Gasteiger partial charge on any atom is -0.375 e. The molecule has 2 rings (SSSR count). The zero-order valence-electron chi connectivity index (χ0n) is 13.4. The first-order valence-electron chi connectivity index (χ1n) is 7.63. The van der Waals surface area contributed by atoms with E-state index < -0.39 is 9.84 Å². The summed E-state index contributed by atoms with van der Waals surface area (Å²) in [6.45, 7) is 3.15. The van der Waals surface area contributed by atoms with Gasteiger partial charge in [-0.15, -0.1) is 0 Å². The molecule has 1 aliphatic rings. The van der Waals surface area contributed by atoms with Gasteiger partial charge in [-0.25, -0.2) is 8.42 Å². The summed E-state index contributed by atoms with van der Waals surface area (Å²) in [4.78, 5) is 16.1. The van der Waals surface area contributed by atoms with Crippen LogP contribution in [0.3, 0.4) is 0 Å². The number of carbonyl (C=O) groups is 1. The van der Waals surface area contributed by atoms with Crippen LogP contribution in [0.25, 0.3) is 0 Å². The number of anilines is 1. The van der Waals surface area contributed by atoms with Crippen molar-refractivity contribution < 1.29 is 13.2 Å². The Kier molecular flexibility index (Phi) is 5.11. The quantitative estimate of drug-likeness (QED) is 0.800. The minimum absolute atomic E-state index is 0.0765. The number of nitrogens with zero attached hydrogens (tertiary/aromatic N) is 2. The maximum absolute atomic E-state index is 12.4. The van der Waals surface area contributed by atoms with Crippen molar-refractivity contribution in [1.29, 1.82) is 0 Å². The van der Waals surface area contributed by atoms with Crippen molar-refractivity contribution in [2.45, 2.75) is 25.8 Å². The van der Waals surface area contributed by atoms with Crippen molar-refractivity contribution in [3.05, 3.63) is 29.8 Å². The molecule has 0 aliphatic carbocycles. The van der Waals surface area contributed by atoms with Crippen LogP contribution in [0.1, 0.15) is 30.1 Å². The first-order chi connectivity index (χ1) is 10.3. The van der Waals surface area contributed by atoms with Gasteiger partial charge in [0.05, 0.1) is 17.5 Å². The Morgan fingerprint density at radius 3 is 2.27 bits per heavy atom. The van der Waals surface area contributed by atoms with Gasteiger partial charge in [0.1, 0.15) is 0 Å². The third-order valence-corrected chi connectivity index (χ3v) is 5.95. The average Bonchev–Trinajstić information content (AvgIpc) is 2.48. The van der Waals surface area contributed by atoms with Gasteiger partial charge in [-0.3, -0.25) is 4.79 Å². The second kappa shape index (κ2) is 6.69. The summed E-state index contributed by atoms with van der Waals surface area (Å²) < 4.78 is 22.4. The Balaban J connectivity index is 1.99. The maximum atomic E-state index is 12.4. The van der Waals surface area contributed by atoms with Gasteiger partial charge in [0, 0.05) is 31.9 Å². The van der Waals surface area contributed by atoms with Gasteiger partial charge in [0.15, 0.2) is 9.84 Å². The van der Waals surface area contributed by atoms with Crippen LogP contribution in [0.2, 0.25) is 0 Å². The lowest BCUT2D eigenvalue weighted by Crippen LogP contribution is -2.53. The van der Waals surface area contributed by atoms with E-state index in [1.54, 1.807) is 7.05 Å². The molecular weight excluding hydrogens is 300 g/mol. The van der Waals surface area contributed by atoms with Gasteiger partial charge in [-0.05, 0) is 30.7 Å². The normalized spacial score (nSPS) is 16.9. The van der Waals surface area contributed by atoms with Crippen LogP contribution in [-0.2, 0) is 9.84 Å². The van der Waals surface area contributed by atoms with Crippen LogP contribution in [0.4, 0.5) is 5.69 Å². The van der Waals surface area contributed by atoms with Crippen molar-refractivity contribution >= 4 is 21.4 Å². The summed E-state index contributed by atoms with van der Waals surface area (Å²) in [5.41, 5.74) is 1.68. The van der Waals surface area contributed by atoms with E-state index in [0.29, 0.717) is 5.56 Å². The highest BCUT2D eigenvalue weighted by atomic mass is 32.2. The summed E-state index contributed by atoms with van der Waals surface area (Å²) in [7, 11) is 0.790. The highest BCUT2D eigenvalue weighted by Gasteiger charge is 2.38. The number of benzene rings is 1. The number of sulfone groups is 1. The molecule has 1 fully saturated rings. The highest BCUT2D eigenvalue weighted by Crippen LogP contribution is 2.20. The zero-order chi connectivity index (χ0) is 16.3. The molecule has 1 saturated heterocycles. The molecule has 1 heterocycles. The number of unbranched alkanes of at least 4 members (excludes halogenated alkanes) is 1. The Morgan fingerprint density at radius 1 is 1.18 bits per heavy atom. The number of rotatable bonds is 6. The molecule has 122 valence electrons. The van der Waals surface area contributed by atoms with Crippen molar-refractivity contribution in [3.8, 4) is 0 Å². The largest absolute Gasteiger partial charge is 0.375 e. The topological polar surface area (TPSA) is 57.7 Å². The fourth-order valence-corrected chi connectivity index (χ4v) is 4.04. The number of hydrogen-bond acceptors (Lipinski definition) is 4. The predicted octanol–water partition coefficient (Wildman–Crippen LogP) is 1.79. The number of carbonyl (C=O) groups excluding carboxylic acids is 1. The SMILES string of the molecule is CCCCN(C)c1ccc(C(=O)N(C)C2CS(=O)(=O)C2)cc1. The summed E-state index contributed by atoms with van der Waals surface area (Å²) >= 11 is 0. The van der Waals surface area contributed by atoms with E-state index >= 15 is 0 Å². The zero-order valence-corrected chi connectivity index (χ0v) is 14.3. The van der Waals surface area contributed by atoms with E-state index in [1.807, 2.05) is 31.3 Å². The summed E-state index contributed by atoms with van der Waals surface area (Å²) in [5, 5.41) is 0. The molecule has 0 saturated carbocycles. The molecule has 1 aromatic rings. The molecule has 0 bridgehead atoms. The summed E-state index contributed by atoms with van der Waals surface area (Å²) in [6.07, 6.45) is 2.28. The highest BCUT2D eigenvalue weighted by molar-refractivity contribution is 7.92. The first-order valence-corrected chi connectivity index (χ1v) is 9.45. The molecule has 1 amide bonds. The number of amides is 1. The lowest BCUT2D eigenvalue weighted by Gasteiger charge is -2.34. The Morgan fingerprint density at radius 2 is 1.77 bits per heavy atom. The molecule has 0 radical (unpaired) electrons. The molecule has 6 heteroatoms. The van der Waals surface area contributed by atoms with Gasteiger partial charge in [0.2, 0.25) is 0 Å². The van der Waals surface area contributed by atoms with E-state index in [0.717, 1.165) is 25.1 Å². The second-order valence-electron chi connectivity index (χ2n) is 5.97. The minimum atomic E-state index is -2.92. The third kappa shape index (κ3) is 3.80. The van der Waals surface area contributed by atoms with E-state index in [2.05, 4.69) is 11.8 Å². The molecule has 22 heavy (non-hydrogen) atoms. The smallest absolute Gasteiger partial charge is 0.253 e. The predicted molar refractivity (Wildman–Crippen MR) is 89.2 cm³/mol. The lowest BCUT2D eigenvalue weighted by molar-refractivity contribution is 0.0750. The van der Waals surface area contributed by atoms with Gasteiger partial charge >= 0.3 is 0 Å². The third-order valence-electron chi connectivity index (χ3n) is 4.16. The Bertz CT molecular complexity index is 613. The summed E-state index contributed by atoms with van der Waals surface area (Å²) in [6, 6.07) is 7.31. The van der Waals surface area contributed by atoms with Gasteiger partial charge in [-0.2, -0.15) is 0 Å². The van der Waals surface area contributed by atoms with Crippen LogP contribution >= 0.6 is 0 Å². The summed E-state index contributed by atoms with van der Waals surface area (Å²) in [5.74, 6) is 0.0304. The van der Waals surface area contributed by atoms with Crippen LogP contribution in [0.5, 0.6) is 0 Å². The molecule has 0 spiro atoms. The Labute approximate surface area is 132 Å². The van der Waals surface area contributed by atoms with Crippen LogP contribution in [0, 0.1) is 0 Å². The van der Waals surface area contributed by atoms with E-state index in [1.165, 1.54) is 4.90 Å². The van der Waals surface area contributed by atoms with Crippen molar-refractivity contribution in [2.24, 2.45) is 0 Å². The van der Waals surface area contributed by atoms with Gasteiger partial charge < -0.3 is 9.80 Å². The van der Waals surface area contributed by atoms with E-state index in [9.17, 15) is 13.2 Å². The monoisotopic (exact) mass is 324 g/mol. The van der Waals surface area contributed by atoms with Crippen molar-refractivity contribution in [1.82, 2.24) is 4.90 Å². The molecule has 0 atom stereocenters. The Hall–Kier alpha value is -1.56. The fourth-order valence-electron chi connectivity index (χ4n) is 2.51. The van der Waals surface area contributed by atoms with E-state index in [4.69, 9.17) is 0 Å². The van der Waals surface area contributed by atoms with Crippen molar-refractivity contribution in [2.75, 3.05) is 37.0 Å². The molecule has 1 aromatic carbocycles. The average molecular weight is 324 g/mol. The number of hydrogen-bond donors (Lipinski definition) is 0. The van der Waals surface area contributed by atoms with Crippen molar-refractivity contribution in [3.63, 3.8) is 0 Å². The van der Waals surface area contributed by atoms with Crippen LogP contribution in [0.15, 0.2) is 24.3 Å². The van der Waals surface area contributed by atoms with Crippen LogP contribution in [-0.4, -0.2) is 57.4 Å². The molecule has 0 aromatic heterocycles. The fraction of sp³-hybridized carbons (Fsp3) is 0.562. The molecule has 1 aliphatic heterocycles. The lowest BCUT2D eigenvalue weighted by atomic mass is 10.1.